The van der Waals surface area contributed by atoms with E-state index in [0.717, 1.165) is 11.6 Å². The maximum Gasteiger partial charge on any atom is 0.331 e. The standard InChI is InChI=1S/C12H13NO3/c1-8-4-3-5-10(6-8)13-11(14)7-9(2)12(15)16/h3-7H,1-2H3,(H,13,14)(H,15,16)/b9-7+. The first kappa shape index (κ1) is 12.0. The first-order valence-electron chi connectivity index (χ1n) is 4.78. The number of carbonyl (C=O) groups is 2. The fourth-order valence-electron chi connectivity index (χ4n) is 1.16. The van der Waals surface area contributed by atoms with E-state index in [1.54, 1.807) is 6.07 Å². The zero-order chi connectivity index (χ0) is 12.1. The molecule has 1 aromatic carbocycles. The molecule has 0 aliphatic rings. The molecule has 0 unspecified atom stereocenters. The van der Waals surface area contributed by atoms with Crippen LogP contribution in [0, 0.1) is 6.92 Å². The summed E-state index contributed by atoms with van der Waals surface area (Å²) in [7, 11) is 0. The number of benzene rings is 1. The smallest absolute Gasteiger partial charge is 0.331 e. The van der Waals surface area contributed by atoms with Crippen molar-refractivity contribution in [1.29, 1.82) is 0 Å². The van der Waals surface area contributed by atoms with Gasteiger partial charge >= 0.3 is 5.97 Å². The molecule has 0 radical (unpaired) electrons. The van der Waals surface area contributed by atoms with Crippen LogP contribution in [0.25, 0.3) is 0 Å². The van der Waals surface area contributed by atoms with Crippen LogP contribution in [0.4, 0.5) is 5.69 Å². The van der Waals surface area contributed by atoms with Gasteiger partial charge in [-0.2, -0.15) is 0 Å². The zero-order valence-electron chi connectivity index (χ0n) is 9.15. The molecule has 84 valence electrons. The van der Waals surface area contributed by atoms with Gasteiger partial charge in [0.05, 0.1) is 0 Å². The minimum absolute atomic E-state index is 0.00477. The Morgan fingerprint density at radius 1 is 1.38 bits per heavy atom. The number of carboxylic acids is 1. The molecule has 16 heavy (non-hydrogen) atoms. The van der Waals surface area contributed by atoms with Crippen LogP contribution < -0.4 is 5.32 Å². The Bertz CT molecular complexity index is 449. The average molecular weight is 219 g/mol. The predicted octanol–water partition coefficient (Wildman–Crippen LogP) is 1.96. The van der Waals surface area contributed by atoms with Crippen LogP contribution in [0.1, 0.15) is 12.5 Å². The van der Waals surface area contributed by atoms with Crippen molar-refractivity contribution in [2.24, 2.45) is 0 Å². The van der Waals surface area contributed by atoms with E-state index >= 15 is 0 Å². The van der Waals surface area contributed by atoms with E-state index in [-0.39, 0.29) is 5.57 Å². The van der Waals surface area contributed by atoms with Crippen LogP contribution >= 0.6 is 0 Å². The normalized spacial score (nSPS) is 11.0. The lowest BCUT2D eigenvalue weighted by Gasteiger charge is -2.03. The van der Waals surface area contributed by atoms with Crippen LogP contribution in [-0.2, 0) is 9.59 Å². The van der Waals surface area contributed by atoms with Gasteiger partial charge < -0.3 is 10.4 Å². The third-order valence-corrected chi connectivity index (χ3v) is 1.97. The third-order valence-electron chi connectivity index (χ3n) is 1.97. The van der Waals surface area contributed by atoms with Gasteiger partial charge in [0.15, 0.2) is 0 Å². The Morgan fingerprint density at radius 3 is 2.62 bits per heavy atom. The highest BCUT2D eigenvalue weighted by Gasteiger charge is 2.04. The summed E-state index contributed by atoms with van der Waals surface area (Å²) in [4.78, 5) is 21.9. The van der Waals surface area contributed by atoms with Crippen LogP contribution in [0.5, 0.6) is 0 Å². The summed E-state index contributed by atoms with van der Waals surface area (Å²) >= 11 is 0. The number of amides is 1. The van der Waals surface area contributed by atoms with Crippen molar-refractivity contribution in [3.8, 4) is 0 Å². The molecule has 0 heterocycles. The van der Waals surface area contributed by atoms with Gasteiger partial charge in [-0.25, -0.2) is 4.79 Å². The van der Waals surface area contributed by atoms with Crippen molar-refractivity contribution < 1.29 is 14.7 Å². The number of hydrogen-bond acceptors (Lipinski definition) is 2. The summed E-state index contributed by atoms with van der Waals surface area (Å²) < 4.78 is 0. The van der Waals surface area contributed by atoms with Gasteiger partial charge in [0, 0.05) is 17.3 Å². The second kappa shape index (κ2) is 5.11. The first-order chi connectivity index (χ1) is 7.49. The second-order valence-electron chi connectivity index (χ2n) is 3.49. The van der Waals surface area contributed by atoms with Gasteiger partial charge in [-0.1, -0.05) is 12.1 Å². The highest BCUT2D eigenvalue weighted by Crippen LogP contribution is 2.09. The first-order valence-corrected chi connectivity index (χ1v) is 4.78. The Morgan fingerprint density at radius 2 is 2.06 bits per heavy atom. The Kier molecular flexibility index (Phi) is 3.83. The number of anilines is 1. The van der Waals surface area contributed by atoms with E-state index in [4.69, 9.17) is 5.11 Å². The molecule has 2 N–H and O–H groups in total. The largest absolute Gasteiger partial charge is 0.478 e. The van der Waals surface area contributed by atoms with Crippen LogP contribution in [0.15, 0.2) is 35.9 Å². The summed E-state index contributed by atoms with van der Waals surface area (Å²) in [5.74, 6) is -1.54. The van der Waals surface area contributed by atoms with Crippen LogP contribution in [0.3, 0.4) is 0 Å². The highest BCUT2D eigenvalue weighted by molar-refractivity contribution is 6.04. The summed E-state index contributed by atoms with van der Waals surface area (Å²) in [6.45, 7) is 3.28. The number of rotatable bonds is 3. The summed E-state index contributed by atoms with van der Waals surface area (Å²) in [6, 6.07) is 7.28. The van der Waals surface area contributed by atoms with Gasteiger partial charge in [0.1, 0.15) is 0 Å². The quantitative estimate of drug-likeness (QED) is 0.764. The minimum atomic E-state index is -1.10. The molecule has 0 spiro atoms. The van der Waals surface area contributed by atoms with Crippen molar-refractivity contribution in [2.45, 2.75) is 13.8 Å². The predicted molar refractivity (Wildman–Crippen MR) is 61.2 cm³/mol. The van der Waals surface area contributed by atoms with Gasteiger partial charge in [0.2, 0.25) is 5.91 Å². The topological polar surface area (TPSA) is 66.4 Å². The minimum Gasteiger partial charge on any atom is -0.478 e. The van der Waals surface area contributed by atoms with Crippen LogP contribution in [-0.4, -0.2) is 17.0 Å². The Labute approximate surface area is 93.6 Å². The van der Waals surface area contributed by atoms with E-state index in [1.165, 1.54) is 6.92 Å². The maximum atomic E-state index is 11.4. The summed E-state index contributed by atoms with van der Waals surface area (Å²) in [5, 5.41) is 11.2. The Balaban J connectivity index is 2.72. The molecule has 0 aliphatic heterocycles. The molecule has 0 aromatic heterocycles. The maximum absolute atomic E-state index is 11.4. The summed E-state index contributed by atoms with van der Waals surface area (Å²) in [5.41, 5.74) is 1.68. The highest BCUT2D eigenvalue weighted by atomic mass is 16.4. The number of hydrogen-bond donors (Lipinski definition) is 2. The van der Waals surface area contributed by atoms with E-state index < -0.39 is 11.9 Å². The molecule has 0 fully saturated rings. The lowest BCUT2D eigenvalue weighted by molar-refractivity contribution is -0.132. The van der Waals surface area contributed by atoms with E-state index in [0.29, 0.717) is 5.69 Å². The van der Waals surface area contributed by atoms with Gasteiger partial charge in [-0.3, -0.25) is 4.79 Å². The summed E-state index contributed by atoms with van der Waals surface area (Å²) in [6.07, 6.45) is 1.06. The molecule has 4 heteroatoms. The third kappa shape index (κ3) is 3.57. The zero-order valence-corrected chi connectivity index (χ0v) is 9.15. The lowest BCUT2D eigenvalue weighted by Crippen LogP contribution is -2.10. The van der Waals surface area contributed by atoms with Crippen molar-refractivity contribution in [2.75, 3.05) is 5.32 Å². The van der Waals surface area contributed by atoms with E-state index in [2.05, 4.69) is 5.32 Å². The van der Waals surface area contributed by atoms with Crippen molar-refractivity contribution in [3.63, 3.8) is 0 Å². The number of carboxylic acid groups (broad SMARTS) is 1. The molecule has 1 amide bonds. The fraction of sp³-hybridized carbons (Fsp3) is 0.167. The monoisotopic (exact) mass is 219 g/mol. The Hall–Kier alpha value is -2.10. The molecule has 1 rings (SSSR count). The molecule has 0 atom stereocenters. The average Bonchev–Trinajstić information content (AvgIpc) is 2.16. The van der Waals surface area contributed by atoms with E-state index in [9.17, 15) is 9.59 Å². The fourth-order valence-corrected chi connectivity index (χ4v) is 1.16. The van der Waals surface area contributed by atoms with Crippen molar-refractivity contribution >= 4 is 17.6 Å². The second-order valence-corrected chi connectivity index (χ2v) is 3.49. The number of nitrogens with one attached hydrogen (secondary N) is 1. The number of carbonyl (C=O) groups excluding carboxylic acids is 1. The van der Waals surface area contributed by atoms with Crippen molar-refractivity contribution in [3.05, 3.63) is 41.5 Å². The molecule has 0 saturated heterocycles. The van der Waals surface area contributed by atoms with E-state index in [1.807, 2.05) is 25.1 Å². The number of aliphatic carboxylic acids is 1. The molecule has 1 aromatic rings. The number of aryl methyl sites for hydroxylation is 1. The SMILES string of the molecule is C/C(=C\C(=O)Nc1cccc(C)c1)C(=O)O. The van der Waals surface area contributed by atoms with Gasteiger partial charge in [-0.15, -0.1) is 0 Å². The van der Waals surface area contributed by atoms with Gasteiger partial charge in [0.25, 0.3) is 0 Å². The lowest BCUT2D eigenvalue weighted by atomic mass is 10.2. The van der Waals surface area contributed by atoms with Crippen molar-refractivity contribution in [1.82, 2.24) is 0 Å². The van der Waals surface area contributed by atoms with Gasteiger partial charge in [-0.05, 0) is 31.5 Å². The van der Waals surface area contributed by atoms with Crippen LogP contribution in [0.2, 0.25) is 0 Å². The molecule has 4 nitrogen and oxygen atoms in total. The molecule has 0 aliphatic carbocycles. The molecule has 0 saturated carbocycles. The molecular weight excluding hydrogens is 206 g/mol. The molecular formula is C12H13NO3. The molecule has 0 bridgehead atoms.